The van der Waals surface area contributed by atoms with Gasteiger partial charge in [0.1, 0.15) is 6.04 Å². The summed E-state index contributed by atoms with van der Waals surface area (Å²) in [6.07, 6.45) is 1.90. The number of hydrogen-bond donors (Lipinski definition) is 4. The van der Waals surface area contributed by atoms with Gasteiger partial charge in [0, 0.05) is 12.3 Å². The summed E-state index contributed by atoms with van der Waals surface area (Å²) < 4.78 is 0. The SMILES string of the molecule is O=C(O)[C@H](CS)NC(=S)NCCCc1ccccc1. The second-order valence-corrected chi connectivity index (χ2v) is 4.84. The van der Waals surface area contributed by atoms with E-state index in [9.17, 15) is 4.79 Å². The maximum Gasteiger partial charge on any atom is 0.327 e. The van der Waals surface area contributed by atoms with Crippen molar-refractivity contribution in [1.82, 2.24) is 10.6 Å². The number of carbonyl (C=O) groups is 1. The van der Waals surface area contributed by atoms with Crippen molar-refractivity contribution in [2.75, 3.05) is 12.3 Å². The summed E-state index contributed by atoms with van der Waals surface area (Å²) in [7, 11) is 0. The molecule has 0 aliphatic heterocycles. The summed E-state index contributed by atoms with van der Waals surface area (Å²) in [6, 6.07) is 9.43. The second-order valence-electron chi connectivity index (χ2n) is 4.06. The van der Waals surface area contributed by atoms with Gasteiger partial charge in [-0.25, -0.2) is 4.79 Å². The third-order valence-electron chi connectivity index (χ3n) is 2.56. The summed E-state index contributed by atoms with van der Waals surface area (Å²) in [5, 5.41) is 14.9. The van der Waals surface area contributed by atoms with Crippen LogP contribution in [-0.2, 0) is 11.2 Å². The van der Waals surface area contributed by atoms with Crippen LogP contribution in [0, 0.1) is 0 Å². The lowest BCUT2D eigenvalue weighted by Gasteiger charge is -2.15. The zero-order chi connectivity index (χ0) is 14.1. The maximum absolute atomic E-state index is 10.8. The van der Waals surface area contributed by atoms with Gasteiger partial charge < -0.3 is 15.7 Å². The highest BCUT2D eigenvalue weighted by Crippen LogP contribution is 2.01. The van der Waals surface area contributed by atoms with Crippen molar-refractivity contribution in [1.29, 1.82) is 0 Å². The maximum atomic E-state index is 10.8. The van der Waals surface area contributed by atoms with Crippen molar-refractivity contribution in [3.8, 4) is 0 Å². The number of benzene rings is 1. The predicted octanol–water partition coefficient (Wildman–Crippen LogP) is 1.47. The van der Waals surface area contributed by atoms with Crippen LogP contribution in [0.4, 0.5) is 0 Å². The molecule has 0 amide bonds. The molecule has 0 fully saturated rings. The zero-order valence-electron chi connectivity index (χ0n) is 10.5. The summed E-state index contributed by atoms with van der Waals surface area (Å²) in [6.45, 7) is 0.708. The van der Waals surface area contributed by atoms with Gasteiger partial charge in [0.2, 0.25) is 0 Å². The van der Waals surface area contributed by atoms with Gasteiger partial charge in [-0.05, 0) is 30.6 Å². The van der Waals surface area contributed by atoms with Gasteiger partial charge in [-0.3, -0.25) is 0 Å². The number of thiocarbonyl (C=S) groups is 1. The van der Waals surface area contributed by atoms with E-state index in [2.05, 4.69) is 35.4 Å². The number of nitrogens with one attached hydrogen (secondary N) is 2. The van der Waals surface area contributed by atoms with Crippen molar-refractivity contribution >= 4 is 35.9 Å². The fourth-order valence-corrected chi connectivity index (χ4v) is 2.03. The molecule has 0 spiro atoms. The fourth-order valence-electron chi connectivity index (χ4n) is 1.53. The molecule has 0 heterocycles. The van der Waals surface area contributed by atoms with E-state index in [-0.39, 0.29) is 5.75 Å². The summed E-state index contributed by atoms with van der Waals surface area (Å²) >= 11 is 8.98. The van der Waals surface area contributed by atoms with Crippen molar-refractivity contribution in [2.24, 2.45) is 0 Å². The third kappa shape index (κ3) is 6.45. The molecule has 1 rings (SSSR count). The van der Waals surface area contributed by atoms with Crippen LogP contribution < -0.4 is 10.6 Å². The highest BCUT2D eigenvalue weighted by atomic mass is 32.1. The Morgan fingerprint density at radius 2 is 2.05 bits per heavy atom. The van der Waals surface area contributed by atoms with Crippen LogP contribution >= 0.6 is 24.8 Å². The standard InChI is InChI=1S/C13H18N2O2S2/c16-12(17)11(9-18)15-13(19)14-8-4-7-10-5-2-1-3-6-10/h1-3,5-6,11,18H,4,7-9H2,(H,16,17)(H2,14,15,19)/t11-/m0/s1. The van der Waals surface area contributed by atoms with Gasteiger partial charge in [-0.2, -0.15) is 12.6 Å². The molecule has 4 nitrogen and oxygen atoms in total. The van der Waals surface area contributed by atoms with Crippen LogP contribution in [-0.4, -0.2) is 34.5 Å². The molecule has 6 heteroatoms. The Hall–Kier alpha value is -1.27. The van der Waals surface area contributed by atoms with E-state index in [0.717, 1.165) is 12.8 Å². The Morgan fingerprint density at radius 1 is 1.37 bits per heavy atom. The van der Waals surface area contributed by atoms with Crippen LogP contribution in [0.3, 0.4) is 0 Å². The Bertz CT molecular complexity index is 412. The van der Waals surface area contributed by atoms with Gasteiger partial charge in [0.15, 0.2) is 5.11 Å². The molecule has 0 aliphatic carbocycles. The number of thiol groups is 1. The monoisotopic (exact) mass is 298 g/mol. The lowest BCUT2D eigenvalue weighted by Crippen LogP contribution is -2.47. The minimum absolute atomic E-state index is 0.196. The van der Waals surface area contributed by atoms with Crippen molar-refractivity contribution in [3.63, 3.8) is 0 Å². The molecule has 0 radical (unpaired) electrons. The topological polar surface area (TPSA) is 61.4 Å². The normalized spacial score (nSPS) is 11.6. The van der Waals surface area contributed by atoms with Crippen molar-refractivity contribution in [3.05, 3.63) is 35.9 Å². The van der Waals surface area contributed by atoms with E-state index in [1.807, 2.05) is 18.2 Å². The zero-order valence-corrected chi connectivity index (χ0v) is 12.2. The number of carboxylic acids is 1. The Morgan fingerprint density at radius 3 is 2.63 bits per heavy atom. The van der Waals surface area contributed by atoms with Gasteiger partial charge in [0.25, 0.3) is 0 Å². The minimum Gasteiger partial charge on any atom is -0.480 e. The van der Waals surface area contributed by atoms with Crippen LogP contribution in [0.15, 0.2) is 30.3 Å². The van der Waals surface area contributed by atoms with Gasteiger partial charge in [-0.15, -0.1) is 0 Å². The van der Waals surface area contributed by atoms with E-state index in [0.29, 0.717) is 11.7 Å². The molecule has 1 aromatic rings. The van der Waals surface area contributed by atoms with Crippen LogP contribution in [0.2, 0.25) is 0 Å². The van der Waals surface area contributed by atoms with E-state index < -0.39 is 12.0 Å². The van der Waals surface area contributed by atoms with E-state index in [4.69, 9.17) is 17.3 Å². The first-order valence-electron chi connectivity index (χ1n) is 6.05. The van der Waals surface area contributed by atoms with Crippen LogP contribution in [0.5, 0.6) is 0 Å². The van der Waals surface area contributed by atoms with E-state index >= 15 is 0 Å². The predicted molar refractivity (Wildman–Crippen MR) is 83.8 cm³/mol. The first-order valence-corrected chi connectivity index (χ1v) is 7.09. The average molecular weight is 298 g/mol. The molecule has 1 aromatic carbocycles. The number of aryl methyl sites for hydroxylation is 1. The quantitative estimate of drug-likeness (QED) is 0.349. The van der Waals surface area contributed by atoms with Crippen molar-refractivity contribution < 1.29 is 9.90 Å². The molecular formula is C13H18N2O2S2. The van der Waals surface area contributed by atoms with Gasteiger partial charge in [0.05, 0.1) is 0 Å². The molecule has 0 saturated heterocycles. The van der Waals surface area contributed by atoms with Gasteiger partial charge in [-0.1, -0.05) is 30.3 Å². The summed E-state index contributed by atoms with van der Waals surface area (Å²) in [4.78, 5) is 10.8. The second kappa shape index (κ2) is 8.77. The summed E-state index contributed by atoms with van der Waals surface area (Å²) in [5.41, 5.74) is 1.28. The molecule has 0 unspecified atom stereocenters. The van der Waals surface area contributed by atoms with Crippen molar-refractivity contribution in [2.45, 2.75) is 18.9 Å². The first kappa shape index (κ1) is 15.8. The molecule has 19 heavy (non-hydrogen) atoms. The number of aliphatic carboxylic acids is 1. The van der Waals surface area contributed by atoms with E-state index in [1.54, 1.807) is 0 Å². The van der Waals surface area contributed by atoms with Crippen LogP contribution in [0.1, 0.15) is 12.0 Å². The average Bonchev–Trinajstić information content (AvgIpc) is 2.42. The smallest absolute Gasteiger partial charge is 0.327 e. The molecule has 1 atom stereocenters. The highest BCUT2D eigenvalue weighted by molar-refractivity contribution is 7.80. The molecule has 104 valence electrons. The number of hydrogen-bond acceptors (Lipinski definition) is 3. The largest absolute Gasteiger partial charge is 0.480 e. The first-order chi connectivity index (χ1) is 9.13. The lowest BCUT2D eigenvalue weighted by atomic mass is 10.1. The molecule has 0 aromatic heterocycles. The number of rotatable bonds is 7. The van der Waals surface area contributed by atoms with E-state index in [1.165, 1.54) is 5.56 Å². The Labute approximate surface area is 124 Å². The minimum atomic E-state index is -0.955. The molecule has 0 aliphatic rings. The Balaban J connectivity index is 2.19. The molecule has 0 bridgehead atoms. The van der Waals surface area contributed by atoms with Gasteiger partial charge >= 0.3 is 5.97 Å². The summed E-state index contributed by atoms with van der Waals surface area (Å²) in [5.74, 6) is -0.760. The highest BCUT2D eigenvalue weighted by Gasteiger charge is 2.15. The molecule has 0 saturated carbocycles. The third-order valence-corrected chi connectivity index (χ3v) is 3.18. The van der Waals surface area contributed by atoms with Crippen LogP contribution in [0.25, 0.3) is 0 Å². The molecular weight excluding hydrogens is 280 g/mol. The molecule has 3 N–H and O–H groups in total. The fraction of sp³-hybridized carbons (Fsp3) is 0.385. The lowest BCUT2D eigenvalue weighted by molar-refractivity contribution is -0.138. The number of carboxylic acid groups (broad SMARTS) is 1. The Kier molecular flexibility index (Phi) is 7.28.